The molecule has 2 atom stereocenters. The SMILES string of the molecule is CC1CNC(C2CCCCC2)CS(=O)(=O)C1. The molecule has 1 aliphatic carbocycles. The number of hydrogen-bond donors (Lipinski definition) is 1. The number of nitrogens with one attached hydrogen (secondary N) is 1. The van der Waals surface area contributed by atoms with Crippen molar-refractivity contribution in [2.45, 2.75) is 45.1 Å². The van der Waals surface area contributed by atoms with Crippen molar-refractivity contribution in [3.8, 4) is 0 Å². The summed E-state index contributed by atoms with van der Waals surface area (Å²) in [4.78, 5) is 0. The van der Waals surface area contributed by atoms with Crippen molar-refractivity contribution in [3.05, 3.63) is 0 Å². The molecule has 0 radical (unpaired) electrons. The molecule has 0 amide bonds. The molecule has 2 aliphatic rings. The second-order valence-corrected chi connectivity index (χ2v) is 7.75. The standard InChI is InChI=1S/C12H23NO2S/c1-10-7-13-12(9-16(14,15)8-10)11-5-3-2-4-6-11/h10-13H,2-9H2,1H3. The van der Waals surface area contributed by atoms with Crippen LogP contribution in [0.4, 0.5) is 0 Å². The van der Waals surface area contributed by atoms with Crippen LogP contribution in [0.1, 0.15) is 39.0 Å². The first kappa shape index (κ1) is 12.4. The quantitative estimate of drug-likeness (QED) is 0.763. The number of hydrogen-bond acceptors (Lipinski definition) is 3. The van der Waals surface area contributed by atoms with E-state index >= 15 is 0 Å². The molecule has 3 nitrogen and oxygen atoms in total. The maximum absolute atomic E-state index is 11.9. The predicted molar refractivity (Wildman–Crippen MR) is 66.2 cm³/mol. The van der Waals surface area contributed by atoms with Gasteiger partial charge < -0.3 is 5.32 Å². The highest BCUT2D eigenvalue weighted by Crippen LogP contribution is 2.28. The second kappa shape index (κ2) is 5.05. The Morgan fingerprint density at radius 1 is 1.06 bits per heavy atom. The lowest BCUT2D eigenvalue weighted by Crippen LogP contribution is -2.41. The topological polar surface area (TPSA) is 46.2 Å². The maximum Gasteiger partial charge on any atom is 0.152 e. The van der Waals surface area contributed by atoms with Gasteiger partial charge >= 0.3 is 0 Å². The van der Waals surface area contributed by atoms with Crippen LogP contribution in [0.15, 0.2) is 0 Å². The van der Waals surface area contributed by atoms with Gasteiger partial charge in [-0.25, -0.2) is 8.42 Å². The molecule has 0 bridgehead atoms. The third-order valence-corrected chi connectivity index (χ3v) is 5.86. The molecule has 1 N–H and O–H groups in total. The summed E-state index contributed by atoms with van der Waals surface area (Å²) in [6.45, 7) is 2.88. The summed E-state index contributed by atoms with van der Waals surface area (Å²) in [5.41, 5.74) is 0. The smallest absolute Gasteiger partial charge is 0.152 e. The van der Waals surface area contributed by atoms with Gasteiger partial charge in [0.25, 0.3) is 0 Å². The lowest BCUT2D eigenvalue weighted by Gasteiger charge is -2.29. The van der Waals surface area contributed by atoms with Gasteiger partial charge in [0.15, 0.2) is 9.84 Å². The third kappa shape index (κ3) is 3.20. The van der Waals surface area contributed by atoms with E-state index < -0.39 is 9.84 Å². The van der Waals surface area contributed by atoms with Gasteiger partial charge in [-0.3, -0.25) is 0 Å². The van der Waals surface area contributed by atoms with Gasteiger partial charge in [-0.15, -0.1) is 0 Å². The molecule has 16 heavy (non-hydrogen) atoms. The fraction of sp³-hybridized carbons (Fsp3) is 1.00. The number of sulfone groups is 1. The molecular formula is C12H23NO2S. The molecule has 94 valence electrons. The average Bonchev–Trinajstić information content (AvgIpc) is 2.37. The Balaban J connectivity index is 2.03. The van der Waals surface area contributed by atoms with E-state index in [0.717, 1.165) is 6.54 Å². The Morgan fingerprint density at radius 3 is 2.44 bits per heavy atom. The lowest BCUT2D eigenvalue weighted by molar-refractivity contribution is 0.281. The molecule has 1 saturated carbocycles. The van der Waals surface area contributed by atoms with Crippen molar-refractivity contribution in [2.24, 2.45) is 11.8 Å². The van der Waals surface area contributed by atoms with Crippen LogP contribution in [-0.2, 0) is 9.84 Å². The van der Waals surface area contributed by atoms with E-state index in [0.29, 0.717) is 17.4 Å². The van der Waals surface area contributed by atoms with Crippen LogP contribution < -0.4 is 5.32 Å². The minimum absolute atomic E-state index is 0.218. The van der Waals surface area contributed by atoms with E-state index in [2.05, 4.69) is 5.32 Å². The molecule has 1 heterocycles. The highest BCUT2D eigenvalue weighted by Gasteiger charge is 2.31. The monoisotopic (exact) mass is 245 g/mol. The van der Waals surface area contributed by atoms with Gasteiger partial charge in [-0.05, 0) is 31.2 Å². The van der Waals surface area contributed by atoms with E-state index in [1.54, 1.807) is 0 Å². The minimum atomic E-state index is -2.83. The van der Waals surface area contributed by atoms with Crippen LogP contribution in [0, 0.1) is 11.8 Å². The molecular weight excluding hydrogens is 222 g/mol. The largest absolute Gasteiger partial charge is 0.312 e. The summed E-state index contributed by atoms with van der Waals surface area (Å²) in [5, 5.41) is 3.48. The van der Waals surface area contributed by atoms with Crippen molar-refractivity contribution in [2.75, 3.05) is 18.1 Å². The van der Waals surface area contributed by atoms with Gasteiger partial charge in [-0.1, -0.05) is 26.2 Å². The van der Waals surface area contributed by atoms with Crippen LogP contribution in [-0.4, -0.2) is 32.5 Å². The Kier molecular flexibility index (Phi) is 3.90. The summed E-state index contributed by atoms with van der Waals surface area (Å²) >= 11 is 0. The van der Waals surface area contributed by atoms with Gasteiger partial charge in [-0.2, -0.15) is 0 Å². The third-order valence-electron chi connectivity index (χ3n) is 3.92. The van der Waals surface area contributed by atoms with E-state index in [-0.39, 0.29) is 12.0 Å². The van der Waals surface area contributed by atoms with Crippen molar-refractivity contribution >= 4 is 9.84 Å². The van der Waals surface area contributed by atoms with E-state index in [1.165, 1.54) is 32.1 Å². The summed E-state index contributed by atoms with van der Waals surface area (Å²) < 4.78 is 23.8. The van der Waals surface area contributed by atoms with Crippen LogP contribution in [0.3, 0.4) is 0 Å². The van der Waals surface area contributed by atoms with E-state index in [4.69, 9.17) is 0 Å². The Hall–Kier alpha value is -0.0900. The summed E-state index contributed by atoms with van der Waals surface area (Å²) in [7, 11) is -2.83. The zero-order valence-electron chi connectivity index (χ0n) is 10.1. The van der Waals surface area contributed by atoms with E-state index in [9.17, 15) is 8.42 Å². The highest BCUT2D eigenvalue weighted by molar-refractivity contribution is 7.91. The lowest BCUT2D eigenvalue weighted by atomic mass is 9.84. The van der Waals surface area contributed by atoms with E-state index in [1.807, 2.05) is 6.92 Å². The Morgan fingerprint density at radius 2 is 1.75 bits per heavy atom. The summed E-state index contributed by atoms with van der Waals surface area (Å²) in [6, 6.07) is 0.218. The van der Waals surface area contributed by atoms with Gasteiger partial charge in [0.05, 0.1) is 11.5 Å². The fourth-order valence-corrected chi connectivity index (χ4v) is 5.14. The minimum Gasteiger partial charge on any atom is -0.312 e. The molecule has 1 aliphatic heterocycles. The summed E-state index contributed by atoms with van der Waals surface area (Å²) in [5.74, 6) is 1.58. The normalized spacial score (nSPS) is 36.8. The van der Waals surface area contributed by atoms with Gasteiger partial charge in [0, 0.05) is 6.04 Å². The van der Waals surface area contributed by atoms with Gasteiger partial charge in [0.1, 0.15) is 0 Å². The molecule has 0 aromatic heterocycles. The maximum atomic E-state index is 11.9. The predicted octanol–water partition coefficient (Wildman–Crippen LogP) is 1.59. The van der Waals surface area contributed by atoms with Crippen molar-refractivity contribution in [1.29, 1.82) is 0 Å². The first-order valence-electron chi connectivity index (χ1n) is 6.50. The van der Waals surface area contributed by atoms with Gasteiger partial charge in [0.2, 0.25) is 0 Å². The fourth-order valence-electron chi connectivity index (χ4n) is 3.08. The first-order chi connectivity index (χ1) is 7.57. The molecule has 2 rings (SSSR count). The Bertz CT molecular complexity index is 320. The van der Waals surface area contributed by atoms with Crippen LogP contribution >= 0.6 is 0 Å². The van der Waals surface area contributed by atoms with Crippen molar-refractivity contribution in [3.63, 3.8) is 0 Å². The van der Waals surface area contributed by atoms with Crippen LogP contribution in [0.25, 0.3) is 0 Å². The molecule has 2 unspecified atom stereocenters. The van der Waals surface area contributed by atoms with Crippen molar-refractivity contribution in [1.82, 2.24) is 5.32 Å². The number of rotatable bonds is 1. The van der Waals surface area contributed by atoms with Crippen molar-refractivity contribution < 1.29 is 8.42 Å². The zero-order valence-corrected chi connectivity index (χ0v) is 10.9. The first-order valence-corrected chi connectivity index (χ1v) is 8.33. The highest BCUT2D eigenvalue weighted by atomic mass is 32.2. The molecule has 2 fully saturated rings. The average molecular weight is 245 g/mol. The molecule has 0 aromatic rings. The van der Waals surface area contributed by atoms with Crippen LogP contribution in [0.5, 0.6) is 0 Å². The second-order valence-electron chi connectivity index (χ2n) is 5.59. The molecule has 0 spiro atoms. The zero-order chi connectivity index (χ0) is 11.6. The molecule has 4 heteroatoms. The summed E-state index contributed by atoms with van der Waals surface area (Å²) in [6.07, 6.45) is 6.30. The Labute approximate surface area is 98.9 Å². The molecule has 1 saturated heterocycles. The van der Waals surface area contributed by atoms with Crippen LogP contribution in [0.2, 0.25) is 0 Å². The molecule has 0 aromatic carbocycles.